The van der Waals surface area contributed by atoms with E-state index in [2.05, 4.69) is 12.2 Å². The molecule has 1 aromatic rings. The molecule has 0 bridgehead atoms. The molecule has 17 heavy (non-hydrogen) atoms. The number of anilines is 1. The Bertz CT molecular complexity index is 356. The third-order valence-electron chi connectivity index (χ3n) is 2.99. The molecule has 1 unspecified atom stereocenters. The molecule has 1 heterocycles. The normalized spacial score (nSPS) is 18.6. The number of likely N-dealkylation sites (tertiary alicyclic amines) is 1. The molecule has 1 aliphatic rings. The van der Waals surface area contributed by atoms with E-state index in [1.807, 2.05) is 35.2 Å². The zero-order valence-electron chi connectivity index (χ0n) is 10.1. The maximum atomic E-state index is 11.8. The van der Waals surface area contributed by atoms with Crippen LogP contribution in [-0.4, -0.2) is 30.4 Å². The van der Waals surface area contributed by atoms with E-state index in [-0.39, 0.29) is 18.3 Å². The lowest BCUT2D eigenvalue weighted by molar-refractivity contribution is -0.128. The molecular formula is C13H19ClN2O. The Kier molecular flexibility index (Phi) is 5.29. The lowest BCUT2D eigenvalue weighted by Crippen LogP contribution is -2.33. The molecule has 94 valence electrons. The van der Waals surface area contributed by atoms with E-state index in [0.717, 1.165) is 25.2 Å². The van der Waals surface area contributed by atoms with Crippen molar-refractivity contribution in [1.82, 2.24) is 4.90 Å². The van der Waals surface area contributed by atoms with E-state index in [1.54, 1.807) is 0 Å². The van der Waals surface area contributed by atoms with Gasteiger partial charge in [0, 0.05) is 18.8 Å². The standard InChI is InChI=1S/C13H18N2O.ClH/c1-11-7-8-15(10-11)13(16)9-14-12-5-3-2-4-6-12;/h2-6,11,14H,7-10H2,1H3;1H. The van der Waals surface area contributed by atoms with Crippen molar-refractivity contribution in [3.05, 3.63) is 30.3 Å². The van der Waals surface area contributed by atoms with Gasteiger partial charge in [-0.15, -0.1) is 12.4 Å². The topological polar surface area (TPSA) is 32.3 Å². The van der Waals surface area contributed by atoms with Gasteiger partial charge < -0.3 is 10.2 Å². The number of nitrogens with one attached hydrogen (secondary N) is 1. The van der Waals surface area contributed by atoms with Gasteiger partial charge in [-0.05, 0) is 24.5 Å². The van der Waals surface area contributed by atoms with Gasteiger partial charge in [0.25, 0.3) is 0 Å². The maximum absolute atomic E-state index is 11.8. The first kappa shape index (κ1) is 13.8. The number of hydrogen-bond acceptors (Lipinski definition) is 2. The van der Waals surface area contributed by atoms with Gasteiger partial charge in [0.05, 0.1) is 6.54 Å². The number of para-hydroxylation sites is 1. The largest absolute Gasteiger partial charge is 0.376 e. The van der Waals surface area contributed by atoms with Crippen LogP contribution in [0, 0.1) is 5.92 Å². The number of amides is 1. The number of nitrogens with zero attached hydrogens (tertiary/aromatic N) is 1. The summed E-state index contributed by atoms with van der Waals surface area (Å²) < 4.78 is 0. The molecule has 1 amide bonds. The molecule has 1 fully saturated rings. The first-order valence-electron chi connectivity index (χ1n) is 5.82. The molecule has 3 nitrogen and oxygen atoms in total. The summed E-state index contributed by atoms with van der Waals surface area (Å²) in [5.74, 6) is 0.855. The first-order valence-corrected chi connectivity index (χ1v) is 5.82. The summed E-state index contributed by atoms with van der Waals surface area (Å²) in [5.41, 5.74) is 1.00. The molecule has 2 rings (SSSR count). The second-order valence-electron chi connectivity index (χ2n) is 4.45. The van der Waals surface area contributed by atoms with Crippen molar-refractivity contribution in [3.8, 4) is 0 Å². The quantitative estimate of drug-likeness (QED) is 0.898. The van der Waals surface area contributed by atoms with Crippen molar-refractivity contribution in [1.29, 1.82) is 0 Å². The van der Waals surface area contributed by atoms with Gasteiger partial charge in [-0.3, -0.25) is 4.79 Å². The van der Waals surface area contributed by atoms with E-state index in [9.17, 15) is 4.79 Å². The molecule has 0 saturated carbocycles. The maximum Gasteiger partial charge on any atom is 0.241 e. The van der Waals surface area contributed by atoms with E-state index >= 15 is 0 Å². The minimum absolute atomic E-state index is 0. The van der Waals surface area contributed by atoms with Crippen LogP contribution < -0.4 is 5.32 Å². The fourth-order valence-corrected chi connectivity index (χ4v) is 2.01. The Balaban J connectivity index is 0.00000144. The van der Waals surface area contributed by atoms with Crippen LogP contribution in [0.2, 0.25) is 0 Å². The highest BCUT2D eigenvalue weighted by Crippen LogP contribution is 2.15. The van der Waals surface area contributed by atoms with Gasteiger partial charge in [0.15, 0.2) is 0 Å². The molecule has 0 spiro atoms. The molecule has 1 atom stereocenters. The van der Waals surface area contributed by atoms with Crippen molar-refractivity contribution in [2.24, 2.45) is 5.92 Å². The van der Waals surface area contributed by atoms with E-state index < -0.39 is 0 Å². The molecule has 0 aromatic heterocycles. The zero-order valence-corrected chi connectivity index (χ0v) is 10.9. The van der Waals surface area contributed by atoms with Crippen molar-refractivity contribution >= 4 is 24.0 Å². The fourth-order valence-electron chi connectivity index (χ4n) is 2.01. The Labute approximate surface area is 109 Å². The van der Waals surface area contributed by atoms with E-state index in [1.165, 1.54) is 0 Å². The Morgan fingerprint density at radius 2 is 2.12 bits per heavy atom. The minimum Gasteiger partial charge on any atom is -0.376 e. The van der Waals surface area contributed by atoms with Crippen LogP contribution >= 0.6 is 12.4 Å². The van der Waals surface area contributed by atoms with Gasteiger partial charge in [0.2, 0.25) is 5.91 Å². The predicted octanol–water partition coefficient (Wildman–Crippen LogP) is 2.39. The number of benzene rings is 1. The zero-order chi connectivity index (χ0) is 11.4. The molecule has 4 heteroatoms. The average molecular weight is 255 g/mol. The molecule has 1 saturated heterocycles. The third kappa shape index (κ3) is 3.93. The highest BCUT2D eigenvalue weighted by Gasteiger charge is 2.22. The second-order valence-corrected chi connectivity index (χ2v) is 4.45. The van der Waals surface area contributed by atoms with Crippen LogP contribution in [0.25, 0.3) is 0 Å². The number of hydrogen-bond donors (Lipinski definition) is 1. The van der Waals surface area contributed by atoms with Gasteiger partial charge >= 0.3 is 0 Å². The summed E-state index contributed by atoms with van der Waals surface area (Å²) in [6.07, 6.45) is 1.14. The Morgan fingerprint density at radius 3 is 2.71 bits per heavy atom. The molecule has 1 aromatic carbocycles. The SMILES string of the molecule is CC1CCN(C(=O)CNc2ccccc2)C1.Cl. The van der Waals surface area contributed by atoms with Crippen LogP contribution in [0.15, 0.2) is 30.3 Å². The van der Waals surface area contributed by atoms with Crippen LogP contribution in [0.5, 0.6) is 0 Å². The average Bonchev–Trinajstić information content (AvgIpc) is 2.74. The van der Waals surface area contributed by atoms with Gasteiger partial charge in [-0.1, -0.05) is 25.1 Å². The number of carbonyl (C=O) groups excluding carboxylic acids is 1. The second kappa shape index (κ2) is 6.50. The van der Waals surface area contributed by atoms with Crippen molar-refractivity contribution in [2.45, 2.75) is 13.3 Å². The van der Waals surface area contributed by atoms with E-state index in [0.29, 0.717) is 12.5 Å². The van der Waals surface area contributed by atoms with Gasteiger partial charge in [0.1, 0.15) is 0 Å². The van der Waals surface area contributed by atoms with Crippen LogP contribution in [-0.2, 0) is 4.79 Å². The molecule has 0 aliphatic carbocycles. The van der Waals surface area contributed by atoms with Crippen LogP contribution in [0.4, 0.5) is 5.69 Å². The van der Waals surface area contributed by atoms with Gasteiger partial charge in [-0.2, -0.15) is 0 Å². The van der Waals surface area contributed by atoms with Crippen molar-refractivity contribution in [3.63, 3.8) is 0 Å². The van der Waals surface area contributed by atoms with E-state index in [4.69, 9.17) is 0 Å². The van der Waals surface area contributed by atoms with Gasteiger partial charge in [-0.25, -0.2) is 0 Å². The highest BCUT2D eigenvalue weighted by molar-refractivity contribution is 5.85. The highest BCUT2D eigenvalue weighted by atomic mass is 35.5. The summed E-state index contributed by atoms with van der Waals surface area (Å²) in [4.78, 5) is 13.8. The Hall–Kier alpha value is -1.22. The number of halogens is 1. The van der Waals surface area contributed by atoms with Crippen molar-refractivity contribution in [2.75, 3.05) is 25.0 Å². The molecular weight excluding hydrogens is 236 g/mol. The van der Waals surface area contributed by atoms with Crippen LogP contribution in [0.1, 0.15) is 13.3 Å². The minimum atomic E-state index is 0. The smallest absolute Gasteiger partial charge is 0.241 e. The lowest BCUT2D eigenvalue weighted by Gasteiger charge is -2.16. The lowest BCUT2D eigenvalue weighted by atomic mass is 10.2. The molecule has 1 N–H and O–H groups in total. The summed E-state index contributed by atoms with van der Waals surface area (Å²) in [5, 5.41) is 3.14. The summed E-state index contributed by atoms with van der Waals surface area (Å²) >= 11 is 0. The predicted molar refractivity (Wildman–Crippen MR) is 72.5 cm³/mol. The Morgan fingerprint density at radius 1 is 1.41 bits per heavy atom. The fraction of sp³-hybridized carbons (Fsp3) is 0.462. The summed E-state index contributed by atoms with van der Waals surface area (Å²) in [6.45, 7) is 4.42. The molecule has 0 radical (unpaired) electrons. The monoisotopic (exact) mass is 254 g/mol. The third-order valence-corrected chi connectivity index (χ3v) is 2.99. The number of carbonyl (C=O) groups is 1. The van der Waals surface area contributed by atoms with Crippen LogP contribution in [0.3, 0.4) is 0 Å². The summed E-state index contributed by atoms with van der Waals surface area (Å²) in [6, 6.07) is 9.84. The first-order chi connectivity index (χ1) is 7.75. The number of rotatable bonds is 3. The molecule has 1 aliphatic heterocycles. The van der Waals surface area contributed by atoms with Crippen molar-refractivity contribution < 1.29 is 4.79 Å². The summed E-state index contributed by atoms with van der Waals surface area (Å²) in [7, 11) is 0.